The van der Waals surface area contributed by atoms with Crippen LogP contribution < -0.4 is 16.6 Å². The Hall–Kier alpha value is -3.82. The molecule has 0 bridgehead atoms. The number of rotatable bonds is 3. The second kappa shape index (κ2) is 6.24. The van der Waals surface area contributed by atoms with Gasteiger partial charge in [-0.15, -0.1) is 0 Å². The lowest BCUT2D eigenvalue weighted by Crippen LogP contribution is -2.29. The molecule has 10 nitrogen and oxygen atoms in total. The molecule has 2 aromatic heterocycles. The van der Waals surface area contributed by atoms with E-state index in [4.69, 9.17) is 0 Å². The fourth-order valence-corrected chi connectivity index (χ4v) is 2.45. The van der Waals surface area contributed by atoms with Gasteiger partial charge in [0.25, 0.3) is 17.2 Å². The first kappa shape index (κ1) is 17.0. The summed E-state index contributed by atoms with van der Waals surface area (Å²) in [6.45, 7) is 1.59. The average Bonchev–Trinajstić information content (AvgIpc) is 2.60. The number of aryl methyl sites for hydroxylation is 2. The molecule has 132 valence electrons. The van der Waals surface area contributed by atoms with Crippen LogP contribution in [-0.4, -0.2) is 25.4 Å². The number of nitro benzene ring substituents is 1. The van der Waals surface area contributed by atoms with Crippen molar-refractivity contribution in [3.8, 4) is 0 Å². The van der Waals surface area contributed by atoms with Crippen molar-refractivity contribution in [2.45, 2.75) is 6.92 Å². The lowest BCUT2D eigenvalue weighted by Gasteiger charge is -2.07. The zero-order chi connectivity index (χ0) is 19.0. The first-order valence-electron chi connectivity index (χ1n) is 7.43. The maximum absolute atomic E-state index is 12.4. The molecule has 10 heteroatoms. The van der Waals surface area contributed by atoms with E-state index in [1.54, 1.807) is 6.92 Å². The second-order valence-corrected chi connectivity index (χ2v) is 5.63. The van der Waals surface area contributed by atoms with Gasteiger partial charge >= 0.3 is 5.69 Å². The molecular weight excluding hydrogens is 342 g/mol. The lowest BCUT2D eigenvalue weighted by atomic mass is 10.1. The first-order chi connectivity index (χ1) is 12.3. The topological polar surface area (TPSA) is 140 Å². The highest BCUT2D eigenvalue weighted by Gasteiger charge is 2.15. The zero-order valence-corrected chi connectivity index (χ0v) is 13.8. The number of aromatic nitrogens is 3. The van der Waals surface area contributed by atoms with E-state index in [0.717, 1.165) is 4.57 Å². The van der Waals surface area contributed by atoms with Gasteiger partial charge in [-0.1, -0.05) is 6.07 Å². The smallest absolute Gasteiger partial charge is 0.322 e. The van der Waals surface area contributed by atoms with Crippen molar-refractivity contribution < 1.29 is 9.72 Å². The molecule has 0 aliphatic carbocycles. The second-order valence-electron chi connectivity index (χ2n) is 5.63. The van der Waals surface area contributed by atoms with E-state index >= 15 is 0 Å². The molecule has 0 aliphatic heterocycles. The van der Waals surface area contributed by atoms with E-state index in [9.17, 15) is 24.5 Å². The van der Waals surface area contributed by atoms with Gasteiger partial charge < -0.3 is 5.32 Å². The maximum atomic E-state index is 12.4. The summed E-state index contributed by atoms with van der Waals surface area (Å²) in [7, 11) is 1.44. The highest BCUT2D eigenvalue weighted by atomic mass is 16.6. The maximum Gasteiger partial charge on any atom is 0.329 e. The van der Waals surface area contributed by atoms with Gasteiger partial charge in [-0.05, 0) is 19.1 Å². The molecule has 0 aliphatic rings. The molecule has 0 unspecified atom stereocenters. The lowest BCUT2D eigenvalue weighted by molar-refractivity contribution is -0.385. The SMILES string of the molecule is Cc1ccc(NC(=O)c2cnc3c(c2)c(=O)[nH]c(=O)n3C)cc1[N+](=O)[O-]. The summed E-state index contributed by atoms with van der Waals surface area (Å²) in [5.41, 5.74) is -0.470. The number of anilines is 1. The van der Waals surface area contributed by atoms with E-state index in [-0.39, 0.29) is 28.0 Å². The van der Waals surface area contributed by atoms with Crippen molar-refractivity contribution in [3.63, 3.8) is 0 Å². The normalized spacial score (nSPS) is 10.7. The Labute approximate surface area is 145 Å². The van der Waals surface area contributed by atoms with E-state index in [0.29, 0.717) is 5.56 Å². The summed E-state index contributed by atoms with van der Waals surface area (Å²) < 4.78 is 1.15. The molecule has 1 amide bonds. The van der Waals surface area contributed by atoms with E-state index in [2.05, 4.69) is 15.3 Å². The highest BCUT2D eigenvalue weighted by Crippen LogP contribution is 2.22. The predicted octanol–water partition coefficient (Wildman–Crippen LogP) is 1.09. The molecule has 0 saturated carbocycles. The van der Waals surface area contributed by atoms with Crippen LogP contribution in [0.25, 0.3) is 11.0 Å². The Balaban J connectivity index is 1.98. The highest BCUT2D eigenvalue weighted by molar-refractivity contribution is 6.05. The minimum atomic E-state index is -0.656. The van der Waals surface area contributed by atoms with Crippen LogP contribution in [0.15, 0.2) is 40.1 Å². The van der Waals surface area contributed by atoms with Crippen molar-refractivity contribution in [1.82, 2.24) is 14.5 Å². The first-order valence-corrected chi connectivity index (χ1v) is 7.43. The van der Waals surface area contributed by atoms with Gasteiger partial charge in [0.15, 0.2) is 0 Å². The number of nitro groups is 1. The van der Waals surface area contributed by atoms with E-state index in [1.165, 1.54) is 37.5 Å². The van der Waals surface area contributed by atoms with Gasteiger partial charge in [0.05, 0.1) is 15.9 Å². The molecule has 3 aromatic rings. The minimum Gasteiger partial charge on any atom is -0.322 e. The van der Waals surface area contributed by atoms with Gasteiger partial charge in [-0.25, -0.2) is 9.78 Å². The number of fused-ring (bicyclic) bond motifs is 1. The molecule has 0 radical (unpaired) electrons. The number of hydrogen-bond acceptors (Lipinski definition) is 6. The van der Waals surface area contributed by atoms with Crippen LogP contribution in [0.3, 0.4) is 0 Å². The van der Waals surface area contributed by atoms with Gasteiger partial charge in [-0.3, -0.25) is 29.3 Å². The zero-order valence-electron chi connectivity index (χ0n) is 13.8. The Morgan fingerprint density at radius 3 is 2.73 bits per heavy atom. The summed E-state index contributed by atoms with van der Waals surface area (Å²) in [5.74, 6) is -0.592. The third kappa shape index (κ3) is 2.95. The summed E-state index contributed by atoms with van der Waals surface area (Å²) in [5, 5.41) is 13.6. The molecule has 3 rings (SSSR count). The van der Waals surface area contributed by atoms with Crippen molar-refractivity contribution >= 4 is 28.3 Å². The van der Waals surface area contributed by atoms with Gasteiger partial charge in [0.1, 0.15) is 5.65 Å². The predicted molar refractivity (Wildman–Crippen MR) is 93.4 cm³/mol. The molecule has 2 heterocycles. The van der Waals surface area contributed by atoms with Crippen molar-refractivity contribution in [3.05, 3.63) is 72.5 Å². The molecule has 0 fully saturated rings. The molecule has 0 spiro atoms. The fraction of sp³-hybridized carbons (Fsp3) is 0.125. The van der Waals surface area contributed by atoms with Crippen LogP contribution in [0.5, 0.6) is 0 Å². The van der Waals surface area contributed by atoms with Crippen molar-refractivity contribution in [2.75, 3.05) is 5.32 Å². The monoisotopic (exact) mass is 355 g/mol. The third-order valence-electron chi connectivity index (χ3n) is 3.88. The van der Waals surface area contributed by atoms with E-state index in [1.807, 2.05) is 0 Å². The molecule has 0 saturated heterocycles. The standard InChI is InChI=1S/C16H13N5O5/c1-8-3-4-10(6-12(8)21(25)26)18-14(22)9-5-11-13(17-7-9)20(2)16(24)19-15(11)23/h3-7H,1-2H3,(H,18,22)(H,19,23,24). The number of H-pyrrole nitrogens is 1. The van der Waals surface area contributed by atoms with Crippen molar-refractivity contribution in [1.29, 1.82) is 0 Å². The van der Waals surface area contributed by atoms with Crippen LogP contribution in [0.1, 0.15) is 15.9 Å². The number of pyridine rings is 1. The summed E-state index contributed by atoms with van der Waals surface area (Å²) in [6.07, 6.45) is 1.22. The molecular formula is C16H13N5O5. The summed E-state index contributed by atoms with van der Waals surface area (Å²) in [4.78, 5) is 52.5. The number of aromatic amines is 1. The average molecular weight is 355 g/mol. The Kier molecular flexibility index (Phi) is 4.08. The number of hydrogen-bond donors (Lipinski definition) is 2. The summed E-state index contributed by atoms with van der Waals surface area (Å²) in [6, 6.07) is 5.61. The molecule has 2 N–H and O–H groups in total. The number of benzene rings is 1. The number of carbonyl (C=O) groups is 1. The quantitative estimate of drug-likeness (QED) is 0.532. The minimum absolute atomic E-state index is 0.0740. The largest absolute Gasteiger partial charge is 0.329 e. The Morgan fingerprint density at radius 1 is 1.31 bits per heavy atom. The van der Waals surface area contributed by atoms with E-state index < -0.39 is 22.1 Å². The number of amides is 1. The molecule has 26 heavy (non-hydrogen) atoms. The van der Waals surface area contributed by atoms with Crippen LogP contribution in [0, 0.1) is 17.0 Å². The van der Waals surface area contributed by atoms with Gasteiger partial charge in [0.2, 0.25) is 0 Å². The summed E-state index contributed by atoms with van der Waals surface area (Å²) >= 11 is 0. The van der Waals surface area contributed by atoms with Crippen LogP contribution in [-0.2, 0) is 7.05 Å². The Bertz CT molecular complexity index is 1180. The number of nitrogens with zero attached hydrogens (tertiary/aromatic N) is 3. The number of carbonyl (C=O) groups excluding carboxylic acids is 1. The fourth-order valence-electron chi connectivity index (χ4n) is 2.45. The molecule has 1 aromatic carbocycles. The van der Waals surface area contributed by atoms with Crippen molar-refractivity contribution in [2.24, 2.45) is 7.05 Å². The third-order valence-corrected chi connectivity index (χ3v) is 3.88. The Morgan fingerprint density at radius 2 is 2.04 bits per heavy atom. The van der Waals surface area contributed by atoms with Gasteiger partial charge in [-0.2, -0.15) is 0 Å². The van der Waals surface area contributed by atoms with Crippen LogP contribution in [0.2, 0.25) is 0 Å². The van der Waals surface area contributed by atoms with Gasteiger partial charge in [0, 0.05) is 30.6 Å². The van der Waals surface area contributed by atoms with Crippen LogP contribution >= 0.6 is 0 Å². The van der Waals surface area contributed by atoms with Crippen LogP contribution in [0.4, 0.5) is 11.4 Å². The molecule has 0 atom stereocenters. The number of nitrogens with one attached hydrogen (secondary N) is 2.